The van der Waals surface area contributed by atoms with Crippen molar-refractivity contribution in [3.63, 3.8) is 0 Å². The number of para-hydroxylation sites is 1. The molecule has 0 fully saturated rings. The summed E-state index contributed by atoms with van der Waals surface area (Å²) >= 11 is 0. The topological polar surface area (TPSA) is 66.6 Å². The zero-order valence-corrected chi connectivity index (χ0v) is 11.8. The number of amides is 1. The van der Waals surface area contributed by atoms with Gasteiger partial charge >= 0.3 is 0 Å². The Bertz CT molecular complexity index is 407. The van der Waals surface area contributed by atoms with Crippen LogP contribution in [0.25, 0.3) is 0 Å². The molecule has 0 aliphatic heterocycles. The number of aliphatic hydroxyl groups excluding tert-OH is 1. The quantitative estimate of drug-likeness (QED) is 0.756. The van der Waals surface area contributed by atoms with Gasteiger partial charge < -0.3 is 15.7 Å². The van der Waals surface area contributed by atoms with Crippen molar-refractivity contribution < 1.29 is 9.90 Å². The Morgan fingerprint density at radius 3 is 2.63 bits per heavy atom. The highest BCUT2D eigenvalue weighted by molar-refractivity contribution is 5.80. The van der Waals surface area contributed by atoms with E-state index in [4.69, 9.17) is 5.73 Å². The van der Waals surface area contributed by atoms with Gasteiger partial charge in [0.15, 0.2) is 0 Å². The fourth-order valence-electron chi connectivity index (χ4n) is 2.10. The summed E-state index contributed by atoms with van der Waals surface area (Å²) in [6.45, 7) is 5.00. The van der Waals surface area contributed by atoms with Crippen LogP contribution in [0.4, 0.5) is 5.69 Å². The molecule has 4 nitrogen and oxygen atoms in total. The lowest BCUT2D eigenvalue weighted by Gasteiger charge is -2.27. The Balaban J connectivity index is 3.02. The first-order valence-corrected chi connectivity index (χ1v) is 6.90. The standard InChI is InChI=1S/C15H24N2O2/c1-3-5-10-17(11-15(16)19)13-9-7-6-8-12(13)14(18)4-2/h6-9,14,18H,3-5,10-11H2,1-2H3,(H2,16,19)/t14-/m0/s1. The number of carbonyl (C=O) groups excluding carboxylic acids is 1. The van der Waals surface area contributed by atoms with Crippen LogP contribution >= 0.6 is 0 Å². The number of hydrogen-bond acceptors (Lipinski definition) is 3. The van der Waals surface area contributed by atoms with Crippen molar-refractivity contribution in [1.29, 1.82) is 0 Å². The second-order valence-electron chi connectivity index (χ2n) is 4.72. The number of benzene rings is 1. The normalized spacial score (nSPS) is 12.2. The summed E-state index contributed by atoms with van der Waals surface area (Å²) in [6, 6.07) is 7.66. The van der Waals surface area contributed by atoms with Gasteiger partial charge in [0.05, 0.1) is 12.6 Å². The van der Waals surface area contributed by atoms with Crippen LogP contribution < -0.4 is 10.6 Å². The number of nitrogens with two attached hydrogens (primary N) is 1. The van der Waals surface area contributed by atoms with E-state index in [0.29, 0.717) is 6.42 Å². The van der Waals surface area contributed by atoms with Crippen molar-refractivity contribution in [1.82, 2.24) is 0 Å². The van der Waals surface area contributed by atoms with Gasteiger partial charge in [0.1, 0.15) is 0 Å². The van der Waals surface area contributed by atoms with Gasteiger partial charge in [-0.15, -0.1) is 0 Å². The van der Waals surface area contributed by atoms with E-state index in [0.717, 1.165) is 30.6 Å². The van der Waals surface area contributed by atoms with Crippen molar-refractivity contribution in [2.45, 2.75) is 39.2 Å². The lowest BCUT2D eigenvalue weighted by atomic mass is 10.0. The maximum absolute atomic E-state index is 11.2. The van der Waals surface area contributed by atoms with E-state index in [1.54, 1.807) is 0 Å². The molecule has 0 aromatic heterocycles. The van der Waals surface area contributed by atoms with Gasteiger partial charge in [0, 0.05) is 17.8 Å². The van der Waals surface area contributed by atoms with Crippen LogP contribution in [0.2, 0.25) is 0 Å². The van der Waals surface area contributed by atoms with E-state index >= 15 is 0 Å². The van der Waals surface area contributed by atoms with Crippen LogP contribution in [0.5, 0.6) is 0 Å². The lowest BCUT2D eigenvalue weighted by molar-refractivity contribution is -0.116. The minimum atomic E-state index is -0.506. The Hall–Kier alpha value is -1.55. The largest absolute Gasteiger partial charge is 0.388 e. The number of nitrogens with zero attached hydrogens (tertiary/aromatic N) is 1. The summed E-state index contributed by atoms with van der Waals surface area (Å²) in [7, 11) is 0. The summed E-state index contributed by atoms with van der Waals surface area (Å²) in [5, 5.41) is 10.1. The Morgan fingerprint density at radius 1 is 1.37 bits per heavy atom. The molecule has 3 N–H and O–H groups in total. The van der Waals surface area contributed by atoms with Gasteiger partial charge in [-0.3, -0.25) is 4.79 Å². The van der Waals surface area contributed by atoms with E-state index in [2.05, 4.69) is 6.92 Å². The van der Waals surface area contributed by atoms with Gasteiger partial charge in [-0.05, 0) is 18.9 Å². The van der Waals surface area contributed by atoms with Crippen LogP contribution in [-0.2, 0) is 4.79 Å². The summed E-state index contributed by atoms with van der Waals surface area (Å²) in [6.07, 6.45) is 2.18. The van der Waals surface area contributed by atoms with Crippen LogP contribution in [0.1, 0.15) is 44.8 Å². The highest BCUT2D eigenvalue weighted by Gasteiger charge is 2.16. The molecule has 1 rings (SSSR count). The van der Waals surface area contributed by atoms with E-state index in [-0.39, 0.29) is 12.5 Å². The summed E-state index contributed by atoms with van der Waals surface area (Å²) in [5.41, 5.74) is 7.09. The summed E-state index contributed by atoms with van der Waals surface area (Å²) in [5.74, 6) is -0.350. The number of primary amides is 1. The van der Waals surface area contributed by atoms with E-state index < -0.39 is 6.10 Å². The third kappa shape index (κ3) is 4.56. The fourth-order valence-corrected chi connectivity index (χ4v) is 2.10. The van der Waals surface area contributed by atoms with Gasteiger partial charge in [0.25, 0.3) is 0 Å². The zero-order chi connectivity index (χ0) is 14.3. The molecule has 0 heterocycles. The summed E-state index contributed by atoms with van der Waals surface area (Å²) in [4.78, 5) is 13.2. The van der Waals surface area contributed by atoms with Crippen molar-refractivity contribution in [3.8, 4) is 0 Å². The molecule has 1 atom stereocenters. The molecule has 106 valence electrons. The molecule has 0 aliphatic carbocycles. The minimum absolute atomic E-state index is 0.188. The molecule has 0 unspecified atom stereocenters. The molecule has 0 saturated carbocycles. The zero-order valence-electron chi connectivity index (χ0n) is 11.8. The number of aliphatic hydroxyl groups is 1. The number of carbonyl (C=O) groups is 1. The van der Waals surface area contributed by atoms with Crippen LogP contribution in [-0.4, -0.2) is 24.1 Å². The van der Waals surface area contributed by atoms with Gasteiger partial charge in [-0.25, -0.2) is 0 Å². The van der Waals surface area contributed by atoms with E-state index in [1.165, 1.54) is 0 Å². The van der Waals surface area contributed by atoms with Crippen molar-refractivity contribution in [3.05, 3.63) is 29.8 Å². The number of rotatable bonds is 8. The monoisotopic (exact) mass is 264 g/mol. The van der Waals surface area contributed by atoms with Gasteiger partial charge in [-0.2, -0.15) is 0 Å². The molecule has 1 aromatic rings. The first-order chi connectivity index (χ1) is 9.10. The Labute approximate surface area is 115 Å². The number of anilines is 1. The molecule has 4 heteroatoms. The third-order valence-corrected chi connectivity index (χ3v) is 3.15. The van der Waals surface area contributed by atoms with Crippen molar-refractivity contribution in [2.24, 2.45) is 5.73 Å². The molecule has 19 heavy (non-hydrogen) atoms. The molecule has 1 aromatic carbocycles. The molecular formula is C15H24N2O2. The predicted octanol–water partition coefficient (Wildman–Crippen LogP) is 2.22. The molecule has 0 aliphatic rings. The molecule has 1 amide bonds. The van der Waals surface area contributed by atoms with Crippen LogP contribution in [0.15, 0.2) is 24.3 Å². The predicted molar refractivity (Wildman–Crippen MR) is 78.0 cm³/mol. The highest BCUT2D eigenvalue weighted by Crippen LogP contribution is 2.28. The Kier molecular flexibility index (Phi) is 6.36. The lowest BCUT2D eigenvalue weighted by Crippen LogP contribution is -2.35. The molecule has 0 spiro atoms. The molecule has 0 saturated heterocycles. The van der Waals surface area contributed by atoms with E-state index in [9.17, 15) is 9.90 Å². The first-order valence-electron chi connectivity index (χ1n) is 6.90. The smallest absolute Gasteiger partial charge is 0.236 e. The third-order valence-electron chi connectivity index (χ3n) is 3.15. The van der Waals surface area contributed by atoms with E-state index in [1.807, 2.05) is 36.1 Å². The van der Waals surface area contributed by atoms with Gasteiger partial charge in [-0.1, -0.05) is 38.5 Å². The molecular weight excluding hydrogens is 240 g/mol. The number of hydrogen-bond donors (Lipinski definition) is 2. The maximum atomic E-state index is 11.2. The second kappa shape index (κ2) is 7.79. The average molecular weight is 264 g/mol. The second-order valence-corrected chi connectivity index (χ2v) is 4.72. The number of unbranched alkanes of at least 4 members (excludes halogenated alkanes) is 1. The summed E-state index contributed by atoms with van der Waals surface area (Å²) < 4.78 is 0. The van der Waals surface area contributed by atoms with Crippen molar-refractivity contribution in [2.75, 3.05) is 18.0 Å². The molecule has 0 radical (unpaired) electrons. The fraction of sp³-hybridized carbons (Fsp3) is 0.533. The maximum Gasteiger partial charge on any atom is 0.236 e. The SMILES string of the molecule is CCCCN(CC(N)=O)c1ccccc1[C@@H](O)CC. The average Bonchev–Trinajstić information content (AvgIpc) is 2.42. The minimum Gasteiger partial charge on any atom is -0.388 e. The van der Waals surface area contributed by atoms with Crippen LogP contribution in [0, 0.1) is 0 Å². The Morgan fingerprint density at radius 2 is 2.05 bits per heavy atom. The van der Waals surface area contributed by atoms with Crippen LogP contribution in [0.3, 0.4) is 0 Å². The van der Waals surface area contributed by atoms with Crippen molar-refractivity contribution >= 4 is 11.6 Å². The van der Waals surface area contributed by atoms with Gasteiger partial charge in [0.2, 0.25) is 5.91 Å². The first kappa shape index (κ1) is 15.5. The highest BCUT2D eigenvalue weighted by atomic mass is 16.3. The molecule has 0 bridgehead atoms.